The van der Waals surface area contributed by atoms with E-state index >= 15 is 0 Å². The van der Waals surface area contributed by atoms with Gasteiger partial charge in [0.15, 0.2) is 5.82 Å². The molecule has 0 aliphatic heterocycles. The van der Waals surface area contributed by atoms with Crippen molar-refractivity contribution in [1.29, 1.82) is 0 Å². The molecule has 1 aromatic heterocycles. The molecular formula is C8H16N4O. The molecule has 0 amide bonds. The second kappa shape index (κ2) is 4.94. The zero-order valence-electron chi connectivity index (χ0n) is 8.08. The number of ether oxygens (including phenoxy) is 1. The predicted molar refractivity (Wildman–Crippen MR) is 49.3 cm³/mol. The van der Waals surface area contributed by atoms with E-state index in [0.717, 1.165) is 24.5 Å². The molecule has 5 heteroatoms. The van der Waals surface area contributed by atoms with Crippen LogP contribution in [0.3, 0.4) is 0 Å². The highest BCUT2D eigenvalue weighted by atomic mass is 16.5. The minimum absolute atomic E-state index is 0.165. The lowest BCUT2D eigenvalue weighted by Gasteiger charge is -2.04. The van der Waals surface area contributed by atoms with Crippen molar-refractivity contribution in [3.05, 3.63) is 11.6 Å². The standard InChI is InChI=1S/C8H16N4O/c1-6(13-2)5-8-10-7(3-4-9)11-12-8/h6H,3-5,9H2,1-2H3,(H,10,11,12). The van der Waals surface area contributed by atoms with Gasteiger partial charge in [0.2, 0.25) is 0 Å². The fraction of sp³-hybridized carbons (Fsp3) is 0.750. The Hall–Kier alpha value is -0.940. The summed E-state index contributed by atoms with van der Waals surface area (Å²) in [6, 6.07) is 0. The van der Waals surface area contributed by atoms with Gasteiger partial charge in [-0.15, -0.1) is 0 Å². The smallest absolute Gasteiger partial charge is 0.151 e. The van der Waals surface area contributed by atoms with E-state index in [9.17, 15) is 0 Å². The van der Waals surface area contributed by atoms with Crippen molar-refractivity contribution in [3.63, 3.8) is 0 Å². The van der Waals surface area contributed by atoms with E-state index in [2.05, 4.69) is 15.2 Å². The molecule has 0 aromatic carbocycles. The summed E-state index contributed by atoms with van der Waals surface area (Å²) in [5, 5.41) is 6.88. The van der Waals surface area contributed by atoms with Gasteiger partial charge in [0, 0.05) is 20.0 Å². The maximum absolute atomic E-state index is 5.38. The lowest BCUT2D eigenvalue weighted by Crippen LogP contribution is -2.10. The van der Waals surface area contributed by atoms with Crippen LogP contribution in [0.15, 0.2) is 0 Å². The first-order valence-electron chi connectivity index (χ1n) is 4.39. The van der Waals surface area contributed by atoms with E-state index in [1.165, 1.54) is 0 Å². The summed E-state index contributed by atoms with van der Waals surface area (Å²) in [5.41, 5.74) is 5.38. The maximum atomic E-state index is 5.38. The van der Waals surface area contributed by atoms with Crippen molar-refractivity contribution < 1.29 is 4.74 Å². The number of methoxy groups -OCH3 is 1. The van der Waals surface area contributed by atoms with Gasteiger partial charge in [-0.2, -0.15) is 5.10 Å². The Morgan fingerprint density at radius 2 is 2.38 bits per heavy atom. The first-order chi connectivity index (χ1) is 6.26. The lowest BCUT2D eigenvalue weighted by molar-refractivity contribution is 0.117. The zero-order chi connectivity index (χ0) is 9.68. The van der Waals surface area contributed by atoms with E-state index < -0.39 is 0 Å². The van der Waals surface area contributed by atoms with Gasteiger partial charge in [-0.05, 0) is 13.5 Å². The van der Waals surface area contributed by atoms with Crippen molar-refractivity contribution in [2.75, 3.05) is 13.7 Å². The Bertz CT molecular complexity index is 248. The van der Waals surface area contributed by atoms with Gasteiger partial charge in [0.1, 0.15) is 5.82 Å². The summed E-state index contributed by atoms with van der Waals surface area (Å²) < 4.78 is 5.11. The first-order valence-corrected chi connectivity index (χ1v) is 4.39. The minimum Gasteiger partial charge on any atom is -0.381 e. The van der Waals surface area contributed by atoms with E-state index in [1.54, 1.807) is 7.11 Å². The number of nitrogens with zero attached hydrogens (tertiary/aromatic N) is 2. The highest BCUT2D eigenvalue weighted by Crippen LogP contribution is 1.99. The Morgan fingerprint density at radius 1 is 1.62 bits per heavy atom. The Labute approximate surface area is 77.7 Å². The third-order valence-electron chi connectivity index (χ3n) is 1.83. The molecule has 0 saturated heterocycles. The van der Waals surface area contributed by atoms with E-state index in [1.807, 2.05) is 6.92 Å². The number of rotatable bonds is 5. The summed E-state index contributed by atoms with van der Waals surface area (Å²) in [7, 11) is 1.68. The Balaban J connectivity index is 2.48. The van der Waals surface area contributed by atoms with Crippen LogP contribution in [0.25, 0.3) is 0 Å². The average Bonchev–Trinajstić information content (AvgIpc) is 2.53. The number of H-pyrrole nitrogens is 1. The van der Waals surface area contributed by atoms with Crippen LogP contribution in [0.2, 0.25) is 0 Å². The Morgan fingerprint density at radius 3 is 3.00 bits per heavy atom. The quantitative estimate of drug-likeness (QED) is 0.669. The van der Waals surface area contributed by atoms with Gasteiger partial charge in [-0.1, -0.05) is 0 Å². The summed E-state index contributed by atoms with van der Waals surface area (Å²) >= 11 is 0. The maximum Gasteiger partial charge on any atom is 0.151 e. The largest absolute Gasteiger partial charge is 0.381 e. The molecule has 0 aliphatic carbocycles. The van der Waals surface area contributed by atoms with Crippen molar-refractivity contribution in [1.82, 2.24) is 15.2 Å². The highest BCUT2D eigenvalue weighted by Gasteiger charge is 2.06. The third-order valence-corrected chi connectivity index (χ3v) is 1.83. The van der Waals surface area contributed by atoms with E-state index in [4.69, 9.17) is 10.5 Å². The number of hydrogen-bond donors (Lipinski definition) is 2. The van der Waals surface area contributed by atoms with Crippen molar-refractivity contribution >= 4 is 0 Å². The van der Waals surface area contributed by atoms with Crippen molar-refractivity contribution in [2.24, 2.45) is 5.73 Å². The molecule has 0 aliphatic rings. The number of hydrogen-bond acceptors (Lipinski definition) is 4. The topological polar surface area (TPSA) is 76.8 Å². The lowest BCUT2D eigenvalue weighted by atomic mass is 10.3. The molecule has 0 fully saturated rings. The van der Waals surface area contributed by atoms with Crippen molar-refractivity contribution in [3.8, 4) is 0 Å². The van der Waals surface area contributed by atoms with Gasteiger partial charge in [0.05, 0.1) is 6.10 Å². The molecule has 1 unspecified atom stereocenters. The van der Waals surface area contributed by atoms with Gasteiger partial charge >= 0.3 is 0 Å². The molecule has 13 heavy (non-hydrogen) atoms. The molecule has 1 atom stereocenters. The molecule has 74 valence electrons. The van der Waals surface area contributed by atoms with Gasteiger partial charge < -0.3 is 10.5 Å². The van der Waals surface area contributed by atoms with Gasteiger partial charge in [0.25, 0.3) is 0 Å². The number of aromatic nitrogens is 3. The minimum atomic E-state index is 0.165. The van der Waals surface area contributed by atoms with Gasteiger partial charge in [-0.25, -0.2) is 4.98 Å². The fourth-order valence-corrected chi connectivity index (χ4v) is 1.02. The summed E-state index contributed by atoms with van der Waals surface area (Å²) in [6.07, 6.45) is 1.64. The van der Waals surface area contributed by atoms with Gasteiger partial charge in [-0.3, -0.25) is 5.10 Å². The summed E-state index contributed by atoms with van der Waals surface area (Å²) in [5.74, 6) is 1.64. The molecule has 3 N–H and O–H groups in total. The molecule has 5 nitrogen and oxygen atoms in total. The zero-order valence-corrected chi connectivity index (χ0v) is 8.08. The first kappa shape index (κ1) is 10.1. The summed E-state index contributed by atoms with van der Waals surface area (Å²) in [6.45, 7) is 2.57. The van der Waals surface area contributed by atoms with Crippen LogP contribution >= 0.6 is 0 Å². The monoisotopic (exact) mass is 184 g/mol. The van der Waals surface area contributed by atoms with Crippen LogP contribution in [0.5, 0.6) is 0 Å². The SMILES string of the molecule is COC(C)Cc1nc(CCN)n[nH]1. The molecule has 0 bridgehead atoms. The molecular weight excluding hydrogens is 168 g/mol. The molecule has 0 radical (unpaired) electrons. The van der Waals surface area contributed by atoms with E-state index in [0.29, 0.717) is 6.54 Å². The molecule has 0 saturated carbocycles. The molecule has 1 heterocycles. The predicted octanol–water partition coefficient (Wildman–Crippen LogP) is -0.117. The third kappa shape index (κ3) is 3.12. The Kier molecular flexibility index (Phi) is 3.85. The van der Waals surface area contributed by atoms with E-state index in [-0.39, 0.29) is 6.10 Å². The van der Waals surface area contributed by atoms with Crippen LogP contribution in [-0.4, -0.2) is 34.9 Å². The number of nitrogens with two attached hydrogens (primary N) is 1. The molecule has 0 spiro atoms. The average molecular weight is 184 g/mol. The van der Waals surface area contributed by atoms with Crippen LogP contribution in [0, 0.1) is 0 Å². The summed E-state index contributed by atoms with van der Waals surface area (Å²) in [4.78, 5) is 4.26. The fourth-order valence-electron chi connectivity index (χ4n) is 1.02. The molecule has 1 aromatic rings. The number of aromatic amines is 1. The second-order valence-corrected chi connectivity index (χ2v) is 2.99. The second-order valence-electron chi connectivity index (χ2n) is 2.99. The van der Waals surface area contributed by atoms with Crippen LogP contribution in [-0.2, 0) is 17.6 Å². The highest BCUT2D eigenvalue weighted by molar-refractivity contribution is 4.92. The van der Waals surface area contributed by atoms with Crippen molar-refractivity contribution in [2.45, 2.75) is 25.9 Å². The van der Waals surface area contributed by atoms with Crippen LogP contribution in [0.1, 0.15) is 18.6 Å². The van der Waals surface area contributed by atoms with Crippen LogP contribution < -0.4 is 5.73 Å². The normalized spacial score (nSPS) is 13.2. The molecule has 1 rings (SSSR count). The van der Waals surface area contributed by atoms with Crippen LogP contribution in [0.4, 0.5) is 0 Å². The number of nitrogens with one attached hydrogen (secondary N) is 1.